The van der Waals surface area contributed by atoms with Crippen LogP contribution in [0.2, 0.25) is 0 Å². The van der Waals surface area contributed by atoms with Crippen LogP contribution >= 0.6 is 0 Å². The van der Waals surface area contributed by atoms with E-state index in [1.54, 1.807) is 25.1 Å². The predicted molar refractivity (Wildman–Crippen MR) is 75.5 cm³/mol. The van der Waals surface area contributed by atoms with Crippen molar-refractivity contribution in [3.8, 4) is 5.75 Å². The predicted octanol–water partition coefficient (Wildman–Crippen LogP) is 1.34. The second-order valence-corrected chi connectivity index (χ2v) is 4.69. The number of anilines is 2. The molecular weight excluding hydrogens is 260 g/mol. The number of carbonyl (C=O) groups excluding carboxylic acids is 1. The molecule has 1 aliphatic heterocycles. The van der Waals surface area contributed by atoms with Crippen molar-refractivity contribution in [2.75, 3.05) is 37.0 Å². The molecule has 0 radical (unpaired) electrons. The minimum Gasteiger partial charge on any atom is -0.497 e. The molecule has 2 rings (SSSR count). The number of hydrogen-bond donors (Lipinski definition) is 1. The second kappa shape index (κ2) is 5.81. The molecule has 6 heteroatoms. The monoisotopic (exact) mass is 278 g/mol. The lowest BCUT2D eigenvalue weighted by atomic mass is 10.2. The lowest BCUT2D eigenvalue weighted by molar-refractivity contribution is -0.136. The summed E-state index contributed by atoms with van der Waals surface area (Å²) in [6.07, 6.45) is 0.404. The Hall–Kier alpha value is -2.24. The van der Waals surface area contributed by atoms with E-state index in [9.17, 15) is 9.59 Å². The van der Waals surface area contributed by atoms with Gasteiger partial charge in [-0.2, -0.15) is 0 Å². The van der Waals surface area contributed by atoms with Crippen LogP contribution in [0.1, 0.15) is 12.8 Å². The third kappa shape index (κ3) is 2.84. The number of rotatable bonds is 4. The summed E-state index contributed by atoms with van der Waals surface area (Å²) in [6.45, 7) is 0.882. The van der Waals surface area contributed by atoms with Crippen LogP contribution < -0.4 is 14.5 Å². The van der Waals surface area contributed by atoms with E-state index in [4.69, 9.17) is 9.84 Å². The molecule has 20 heavy (non-hydrogen) atoms. The zero-order valence-electron chi connectivity index (χ0n) is 11.6. The minimum atomic E-state index is -0.849. The van der Waals surface area contributed by atoms with Crippen LogP contribution in [0.5, 0.6) is 5.75 Å². The molecule has 1 aromatic rings. The number of hydrogen-bond acceptors (Lipinski definition) is 4. The molecule has 0 fully saturated rings. The maximum absolute atomic E-state index is 12.0. The van der Waals surface area contributed by atoms with Gasteiger partial charge >= 0.3 is 5.97 Å². The summed E-state index contributed by atoms with van der Waals surface area (Å²) in [7, 11) is 3.31. The van der Waals surface area contributed by atoms with E-state index in [0.29, 0.717) is 25.3 Å². The van der Waals surface area contributed by atoms with E-state index in [-0.39, 0.29) is 12.3 Å². The topological polar surface area (TPSA) is 70.1 Å². The Balaban J connectivity index is 2.38. The highest BCUT2D eigenvalue weighted by molar-refractivity contribution is 5.98. The molecule has 1 aliphatic rings. The van der Waals surface area contributed by atoms with Gasteiger partial charge in [-0.05, 0) is 12.1 Å². The van der Waals surface area contributed by atoms with Gasteiger partial charge in [-0.25, -0.2) is 0 Å². The Labute approximate surface area is 117 Å². The third-order valence-electron chi connectivity index (χ3n) is 3.45. The van der Waals surface area contributed by atoms with Crippen molar-refractivity contribution in [3.63, 3.8) is 0 Å². The summed E-state index contributed by atoms with van der Waals surface area (Å²) >= 11 is 0. The Morgan fingerprint density at radius 3 is 2.80 bits per heavy atom. The lowest BCUT2D eigenvalue weighted by Gasteiger charge is -2.25. The van der Waals surface area contributed by atoms with Crippen molar-refractivity contribution in [1.82, 2.24) is 0 Å². The SMILES string of the molecule is COc1ccc2c(c1)N(CCC(=O)O)CCC(=O)N2C. The second-order valence-electron chi connectivity index (χ2n) is 4.69. The van der Waals surface area contributed by atoms with Crippen molar-refractivity contribution < 1.29 is 19.4 Å². The summed E-state index contributed by atoms with van der Waals surface area (Å²) in [5, 5.41) is 8.84. The smallest absolute Gasteiger partial charge is 0.305 e. The molecule has 0 unspecified atom stereocenters. The van der Waals surface area contributed by atoms with Crippen LogP contribution in [-0.4, -0.2) is 44.2 Å². The van der Waals surface area contributed by atoms with Crippen molar-refractivity contribution in [2.45, 2.75) is 12.8 Å². The normalized spacial score (nSPS) is 14.8. The molecule has 6 nitrogen and oxygen atoms in total. The highest BCUT2D eigenvalue weighted by Crippen LogP contribution is 2.35. The van der Waals surface area contributed by atoms with Crippen molar-refractivity contribution in [2.24, 2.45) is 0 Å². The minimum absolute atomic E-state index is 0.0224. The highest BCUT2D eigenvalue weighted by Gasteiger charge is 2.24. The number of benzene rings is 1. The van der Waals surface area contributed by atoms with Gasteiger partial charge in [-0.3, -0.25) is 9.59 Å². The van der Waals surface area contributed by atoms with Crippen LogP contribution in [0.4, 0.5) is 11.4 Å². The molecule has 0 saturated carbocycles. The summed E-state index contributed by atoms with van der Waals surface area (Å²) in [4.78, 5) is 26.3. The quantitative estimate of drug-likeness (QED) is 0.900. The standard InChI is InChI=1S/C14H18N2O4/c1-15-11-4-3-10(20-2)9-12(11)16(7-5-13(15)17)8-6-14(18)19/h3-4,9H,5-8H2,1-2H3,(H,18,19). The zero-order valence-corrected chi connectivity index (χ0v) is 11.6. The van der Waals surface area contributed by atoms with Crippen LogP contribution in [0.25, 0.3) is 0 Å². The summed E-state index contributed by atoms with van der Waals surface area (Å²) in [5.74, 6) is -0.139. The Morgan fingerprint density at radius 1 is 1.40 bits per heavy atom. The average molecular weight is 278 g/mol. The number of ether oxygens (including phenoxy) is 1. The van der Waals surface area contributed by atoms with Gasteiger partial charge in [0.1, 0.15) is 5.75 Å². The van der Waals surface area contributed by atoms with Crippen molar-refractivity contribution >= 4 is 23.3 Å². The first-order chi connectivity index (χ1) is 9.52. The molecule has 108 valence electrons. The third-order valence-corrected chi connectivity index (χ3v) is 3.45. The largest absolute Gasteiger partial charge is 0.497 e. The molecule has 1 N–H and O–H groups in total. The van der Waals surface area contributed by atoms with Crippen molar-refractivity contribution in [3.05, 3.63) is 18.2 Å². The number of aliphatic carboxylic acids is 1. The Morgan fingerprint density at radius 2 is 2.15 bits per heavy atom. The van der Waals surface area contributed by atoms with Gasteiger partial charge in [0.2, 0.25) is 5.91 Å². The van der Waals surface area contributed by atoms with Crippen molar-refractivity contribution in [1.29, 1.82) is 0 Å². The highest BCUT2D eigenvalue weighted by atomic mass is 16.5. The van der Waals surface area contributed by atoms with E-state index in [1.807, 2.05) is 17.0 Å². The fourth-order valence-corrected chi connectivity index (χ4v) is 2.28. The fourth-order valence-electron chi connectivity index (χ4n) is 2.28. The van der Waals surface area contributed by atoms with Gasteiger partial charge in [0.05, 0.1) is 24.9 Å². The Kier molecular flexibility index (Phi) is 4.12. The van der Waals surface area contributed by atoms with Crippen LogP contribution in [0.3, 0.4) is 0 Å². The van der Waals surface area contributed by atoms with Gasteiger partial charge < -0.3 is 19.6 Å². The first-order valence-corrected chi connectivity index (χ1v) is 6.44. The number of nitrogens with zero attached hydrogens (tertiary/aromatic N) is 2. The van der Waals surface area contributed by atoms with E-state index >= 15 is 0 Å². The van der Waals surface area contributed by atoms with E-state index < -0.39 is 5.97 Å². The first kappa shape index (κ1) is 14.2. The molecule has 0 saturated heterocycles. The molecule has 1 amide bonds. The van der Waals surface area contributed by atoms with E-state index in [2.05, 4.69) is 0 Å². The van der Waals surface area contributed by atoms with Gasteiger partial charge in [-0.1, -0.05) is 0 Å². The summed E-state index contributed by atoms with van der Waals surface area (Å²) in [5.41, 5.74) is 1.61. The molecule has 1 heterocycles. The number of carboxylic acids is 1. The van der Waals surface area contributed by atoms with Crippen LogP contribution in [-0.2, 0) is 9.59 Å². The molecular formula is C14H18N2O4. The van der Waals surface area contributed by atoms with E-state index in [0.717, 1.165) is 11.4 Å². The van der Waals surface area contributed by atoms with Gasteiger partial charge in [0.25, 0.3) is 0 Å². The van der Waals surface area contributed by atoms with Gasteiger partial charge in [0, 0.05) is 32.6 Å². The number of amides is 1. The molecule has 0 atom stereocenters. The number of carbonyl (C=O) groups is 2. The van der Waals surface area contributed by atoms with Crippen LogP contribution in [0.15, 0.2) is 18.2 Å². The summed E-state index contributed by atoms with van der Waals surface area (Å²) in [6, 6.07) is 5.46. The summed E-state index contributed by atoms with van der Waals surface area (Å²) < 4.78 is 5.21. The maximum Gasteiger partial charge on any atom is 0.305 e. The zero-order chi connectivity index (χ0) is 14.7. The lowest BCUT2D eigenvalue weighted by Crippen LogP contribution is -2.27. The van der Waals surface area contributed by atoms with E-state index in [1.165, 1.54) is 0 Å². The fraction of sp³-hybridized carbons (Fsp3) is 0.429. The van der Waals surface area contributed by atoms with Gasteiger partial charge in [-0.15, -0.1) is 0 Å². The number of methoxy groups -OCH3 is 1. The molecule has 1 aromatic carbocycles. The Bertz CT molecular complexity index is 530. The number of carboxylic acid groups (broad SMARTS) is 1. The first-order valence-electron chi connectivity index (χ1n) is 6.44. The maximum atomic E-state index is 12.0. The molecule has 0 aromatic heterocycles. The van der Waals surface area contributed by atoms with Gasteiger partial charge in [0.15, 0.2) is 0 Å². The molecule has 0 aliphatic carbocycles. The number of fused-ring (bicyclic) bond motifs is 1. The average Bonchev–Trinajstić information content (AvgIpc) is 2.55. The molecule has 0 spiro atoms. The van der Waals surface area contributed by atoms with Crippen LogP contribution in [0, 0.1) is 0 Å². The molecule has 0 bridgehead atoms.